The Morgan fingerprint density at radius 3 is 2.86 bits per heavy atom. The van der Waals surface area contributed by atoms with E-state index < -0.39 is 0 Å². The second-order valence-electron chi connectivity index (χ2n) is 1.73. The molecule has 0 aliphatic carbocycles. The molecule has 40 valence electrons. The van der Waals surface area contributed by atoms with Gasteiger partial charge in [-0.3, -0.25) is 0 Å². The quantitative estimate of drug-likeness (QED) is 0.476. The lowest BCUT2D eigenvalue weighted by atomic mass is 10.4. The Bertz CT molecular complexity index is 90.1. The highest BCUT2D eigenvalue weighted by Gasteiger charge is 2.10. The number of ether oxygens (including phenoxy) is 1. The monoisotopic (exact) mass is 99.1 g/mol. The molecule has 2 nitrogen and oxygen atoms in total. The fourth-order valence-electron chi connectivity index (χ4n) is 0.584. The summed E-state index contributed by atoms with van der Waals surface area (Å²) >= 11 is 0. The van der Waals surface area contributed by atoms with E-state index >= 15 is 0 Å². The maximum atomic E-state index is 5.06. The van der Waals surface area contributed by atoms with E-state index in [4.69, 9.17) is 4.74 Å². The molecular formula is C5H9NO. The molecule has 0 radical (unpaired) electrons. The van der Waals surface area contributed by atoms with E-state index in [1.165, 1.54) is 0 Å². The summed E-state index contributed by atoms with van der Waals surface area (Å²) in [5.74, 6) is 0.701. The molecule has 1 fully saturated rings. The van der Waals surface area contributed by atoms with Crippen LogP contribution in [-0.4, -0.2) is 12.6 Å². The standard InChI is InChI=1S/C5H9NO/c1-4-3-6-5(2)7-4/h4,6H,2-3H2,1H3. The van der Waals surface area contributed by atoms with Crippen LogP contribution < -0.4 is 5.32 Å². The molecule has 2 heteroatoms. The van der Waals surface area contributed by atoms with E-state index in [0.717, 1.165) is 6.54 Å². The van der Waals surface area contributed by atoms with Crippen LogP contribution in [0.2, 0.25) is 0 Å². The Kier molecular flexibility index (Phi) is 0.929. The Morgan fingerprint density at radius 1 is 2.00 bits per heavy atom. The maximum absolute atomic E-state index is 5.06. The third kappa shape index (κ3) is 0.856. The summed E-state index contributed by atoms with van der Waals surface area (Å²) < 4.78 is 5.06. The van der Waals surface area contributed by atoms with Gasteiger partial charge in [0.25, 0.3) is 0 Å². The topological polar surface area (TPSA) is 21.3 Å². The predicted molar refractivity (Wildman–Crippen MR) is 27.7 cm³/mol. The van der Waals surface area contributed by atoms with Gasteiger partial charge in [0.15, 0.2) is 5.88 Å². The summed E-state index contributed by atoms with van der Waals surface area (Å²) in [4.78, 5) is 0. The van der Waals surface area contributed by atoms with Crippen molar-refractivity contribution in [2.75, 3.05) is 6.54 Å². The molecule has 1 atom stereocenters. The van der Waals surface area contributed by atoms with Crippen LogP contribution in [0.1, 0.15) is 6.92 Å². The third-order valence-corrected chi connectivity index (χ3v) is 0.930. The summed E-state index contributed by atoms with van der Waals surface area (Å²) in [6, 6.07) is 0. The van der Waals surface area contributed by atoms with Gasteiger partial charge in [-0.25, -0.2) is 0 Å². The summed E-state index contributed by atoms with van der Waals surface area (Å²) in [5.41, 5.74) is 0. The number of rotatable bonds is 0. The molecule has 0 bridgehead atoms. The highest BCUT2D eigenvalue weighted by Crippen LogP contribution is 2.02. The van der Waals surface area contributed by atoms with Gasteiger partial charge in [-0.1, -0.05) is 0 Å². The summed E-state index contributed by atoms with van der Waals surface area (Å²) in [6.07, 6.45) is 0.312. The van der Waals surface area contributed by atoms with Crippen LogP contribution in [-0.2, 0) is 4.74 Å². The van der Waals surface area contributed by atoms with Gasteiger partial charge in [0.1, 0.15) is 6.10 Å². The van der Waals surface area contributed by atoms with Crippen molar-refractivity contribution in [2.45, 2.75) is 13.0 Å². The Labute approximate surface area is 43.2 Å². The van der Waals surface area contributed by atoms with Crippen LogP contribution in [0, 0.1) is 0 Å². The van der Waals surface area contributed by atoms with Crippen molar-refractivity contribution in [1.29, 1.82) is 0 Å². The molecule has 1 saturated heterocycles. The first-order chi connectivity index (χ1) is 3.29. The molecule has 1 N–H and O–H groups in total. The molecule has 0 aromatic carbocycles. The van der Waals surface area contributed by atoms with E-state index in [9.17, 15) is 0 Å². The van der Waals surface area contributed by atoms with Crippen LogP contribution in [0.3, 0.4) is 0 Å². The number of hydrogen-bond donors (Lipinski definition) is 1. The van der Waals surface area contributed by atoms with Crippen LogP contribution in [0.25, 0.3) is 0 Å². The third-order valence-electron chi connectivity index (χ3n) is 0.930. The highest BCUT2D eigenvalue weighted by molar-refractivity contribution is 4.87. The van der Waals surface area contributed by atoms with Crippen LogP contribution in [0.5, 0.6) is 0 Å². The van der Waals surface area contributed by atoms with Gasteiger partial charge in [0.05, 0.1) is 6.54 Å². The summed E-state index contributed by atoms with van der Waals surface area (Å²) in [6.45, 7) is 6.48. The molecular weight excluding hydrogens is 90.1 g/mol. The van der Waals surface area contributed by atoms with Gasteiger partial charge < -0.3 is 10.1 Å². The molecule has 0 saturated carbocycles. The summed E-state index contributed by atoms with van der Waals surface area (Å²) in [5, 5.41) is 2.95. The zero-order valence-electron chi connectivity index (χ0n) is 4.40. The lowest BCUT2D eigenvalue weighted by Crippen LogP contribution is -2.08. The van der Waals surface area contributed by atoms with E-state index in [-0.39, 0.29) is 0 Å². The zero-order valence-corrected chi connectivity index (χ0v) is 4.40. The van der Waals surface area contributed by atoms with E-state index in [0.29, 0.717) is 12.0 Å². The predicted octanol–water partition coefficient (Wildman–Crippen LogP) is 0.466. The second-order valence-corrected chi connectivity index (χ2v) is 1.73. The minimum atomic E-state index is 0.312. The van der Waals surface area contributed by atoms with Crippen molar-refractivity contribution in [2.24, 2.45) is 0 Å². The largest absolute Gasteiger partial charge is 0.475 e. The summed E-state index contributed by atoms with van der Waals surface area (Å²) in [7, 11) is 0. The minimum absolute atomic E-state index is 0.312. The van der Waals surface area contributed by atoms with E-state index in [1.54, 1.807) is 0 Å². The molecule has 7 heavy (non-hydrogen) atoms. The van der Waals surface area contributed by atoms with Crippen molar-refractivity contribution in [3.8, 4) is 0 Å². The van der Waals surface area contributed by atoms with Crippen molar-refractivity contribution in [3.63, 3.8) is 0 Å². The molecule has 0 spiro atoms. The van der Waals surface area contributed by atoms with E-state index in [1.807, 2.05) is 6.92 Å². The molecule has 0 aromatic heterocycles. The maximum Gasteiger partial charge on any atom is 0.179 e. The van der Waals surface area contributed by atoms with Gasteiger partial charge >= 0.3 is 0 Å². The van der Waals surface area contributed by atoms with Crippen molar-refractivity contribution >= 4 is 0 Å². The van der Waals surface area contributed by atoms with Gasteiger partial charge in [-0.2, -0.15) is 0 Å². The number of hydrogen-bond acceptors (Lipinski definition) is 2. The van der Waals surface area contributed by atoms with Crippen LogP contribution in [0.4, 0.5) is 0 Å². The molecule has 1 aliphatic heterocycles. The van der Waals surface area contributed by atoms with Crippen LogP contribution >= 0.6 is 0 Å². The minimum Gasteiger partial charge on any atom is -0.475 e. The molecule has 1 rings (SSSR count). The Morgan fingerprint density at radius 2 is 2.71 bits per heavy atom. The Hall–Kier alpha value is -0.660. The van der Waals surface area contributed by atoms with Gasteiger partial charge in [0.2, 0.25) is 0 Å². The second kappa shape index (κ2) is 1.45. The fraction of sp³-hybridized carbons (Fsp3) is 0.600. The first-order valence-electron chi connectivity index (χ1n) is 2.38. The van der Waals surface area contributed by atoms with Crippen molar-refractivity contribution in [3.05, 3.63) is 12.5 Å². The van der Waals surface area contributed by atoms with Gasteiger partial charge in [-0.15, -0.1) is 0 Å². The smallest absolute Gasteiger partial charge is 0.179 e. The lowest BCUT2D eigenvalue weighted by Gasteiger charge is -1.96. The fourth-order valence-corrected chi connectivity index (χ4v) is 0.584. The lowest BCUT2D eigenvalue weighted by molar-refractivity contribution is 0.185. The average molecular weight is 99.1 g/mol. The Balaban J connectivity index is 2.40. The van der Waals surface area contributed by atoms with Crippen molar-refractivity contribution < 1.29 is 4.74 Å². The molecule has 0 aromatic rings. The molecule has 0 amide bonds. The SMILES string of the molecule is C=C1NCC(C)O1. The highest BCUT2D eigenvalue weighted by atomic mass is 16.5. The molecule has 1 heterocycles. The zero-order chi connectivity index (χ0) is 5.28. The first kappa shape index (κ1) is 4.50. The number of nitrogens with one attached hydrogen (secondary N) is 1. The van der Waals surface area contributed by atoms with Crippen molar-refractivity contribution in [1.82, 2.24) is 5.32 Å². The van der Waals surface area contributed by atoms with Gasteiger partial charge in [0, 0.05) is 0 Å². The van der Waals surface area contributed by atoms with Gasteiger partial charge in [-0.05, 0) is 13.5 Å². The van der Waals surface area contributed by atoms with E-state index in [2.05, 4.69) is 11.9 Å². The average Bonchev–Trinajstić information content (AvgIpc) is 1.87. The molecule has 1 aliphatic rings. The van der Waals surface area contributed by atoms with Crippen LogP contribution in [0.15, 0.2) is 12.5 Å². The molecule has 1 unspecified atom stereocenters. The normalized spacial score (nSPS) is 29.3. The first-order valence-corrected chi connectivity index (χ1v) is 2.38.